The predicted octanol–water partition coefficient (Wildman–Crippen LogP) is 5.11. The number of rotatable bonds is 8. The maximum atomic E-state index is 3.71. The fraction of sp³-hybridized carbons (Fsp3) is 0.667. The van der Waals surface area contributed by atoms with Crippen LogP contribution in [-0.4, -0.2) is 6.04 Å². The molecular weight excluding hydrogens is 230 g/mol. The minimum Gasteiger partial charge on any atom is -0.308 e. The van der Waals surface area contributed by atoms with E-state index in [0.29, 0.717) is 12.1 Å². The average Bonchev–Trinajstić information content (AvgIpc) is 2.38. The third-order valence-electron chi connectivity index (χ3n) is 3.84. The highest BCUT2D eigenvalue weighted by atomic mass is 14.9. The molecule has 0 aliphatic carbocycles. The molecule has 0 aliphatic heterocycles. The van der Waals surface area contributed by atoms with Crippen molar-refractivity contribution in [1.29, 1.82) is 0 Å². The number of nitrogens with one attached hydrogen (secondary N) is 1. The molecule has 0 spiro atoms. The fourth-order valence-electron chi connectivity index (χ4n) is 2.48. The SMILES string of the molecule is CCc1ccc(C(C)NC(C)CCCC(C)C)cc1. The molecule has 2 atom stereocenters. The lowest BCUT2D eigenvalue weighted by Crippen LogP contribution is -2.28. The van der Waals surface area contributed by atoms with Crippen LogP contribution in [0.3, 0.4) is 0 Å². The van der Waals surface area contributed by atoms with Gasteiger partial charge >= 0.3 is 0 Å². The zero-order chi connectivity index (χ0) is 14.3. The van der Waals surface area contributed by atoms with Crippen molar-refractivity contribution in [3.05, 3.63) is 35.4 Å². The van der Waals surface area contributed by atoms with E-state index in [1.165, 1.54) is 30.4 Å². The molecule has 1 aromatic rings. The third kappa shape index (κ3) is 6.24. The van der Waals surface area contributed by atoms with Crippen LogP contribution in [0.25, 0.3) is 0 Å². The van der Waals surface area contributed by atoms with Gasteiger partial charge in [0.1, 0.15) is 0 Å². The highest BCUT2D eigenvalue weighted by Crippen LogP contribution is 2.16. The van der Waals surface area contributed by atoms with E-state index in [4.69, 9.17) is 0 Å². The van der Waals surface area contributed by atoms with Crippen molar-refractivity contribution in [2.45, 2.75) is 72.4 Å². The van der Waals surface area contributed by atoms with E-state index in [0.717, 1.165) is 12.3 Å². The Balaban J connectivity index is 2.38. The lowest BCUT2D eigenvalue weighted by atomic mass is 10.0. The van der Waals surface area contributed by atoms with Crippen LogP contribution in [0.4, 0.5) is 0 Å². The van der Waals surface area contributed by atoms with E-state index in [2.05, 4.69) is 64.2 Å². The topological polar surface area (TPSA) is 12.0 Å². The highest BCUT2D eigenvalue weighted by Gasteiger charge is 2.09. The first-order valence-corrected chi connectivity index (χ1v) is 7.87. The first-order chi connectivity index (χ1) is 9.02. The summed E-state index contributed by atoms with van der Waals surface area (Å²) in [4.78, 5) is 0. The zero-order valence-electron chi connectivity index (χ0n) is 13.4. The van der Waals surface area contributed by atoms with Crippen LogP contribution in [0.5, 0.6) is 0 Å². The van der Waals surface area contributed by atoms with Gasteiger partial charge in [-0.3, -0.25) is 0 Å². The molecule has 0 saturated carbocycles. The minimum absolute atomic E-state index is 0.444. The van der Waals surface area contributed by atoms with Crippen molar-refractivity contribution >= 4 is 0 Å². The Bertz CT molecular complexity index is 339. The Kier molecular flexibility index (Phi) is 7.15. The Morgan fingerprint density at radius 1 is 0.947 bits per heavy atom. The van der Waals surface area contributed by atoms with Crippen molar-refractivity contribution in [1.82, 2.24) is 5.32 Å². The molecule has 0 aliphatic rings. The molecule has 1 aromatic carbocycles. The highest BCUT2D eigenvalue weighted by molar-refractivity contribution is 5.24. The van der Waals surface area contributed by atoms with Gasteiger partial charge in [-0.2, -0.15) is 0 Å². The normalized spacial score (nSPS) is 14.6. The summed E-state index contributed by atoms with van der Waals surface area (Å²) in [5.41, 5.74) is 2.81. The monoisotopic (exact) mass is 261 g/mol. The van der Waals surface area contributed by atoms with Crippen LogP contribution >= 0.6 is 0 Å². The number of hydrogen-bond acceptors (Lipinski definition) is 1. The molecular formula is C18H31N. The maximum Gasteiger partial charge on any atom is 0.0294 e. The van der Waals surface area contributed by atoms with Gasteiger partial charge in [-0.25, -0.2) is 0 Å². The maximum absolute atomic E-state index is 3.71. The van der Waals surface area contributed by atoms with Gasteiger partial charge < -0.3 is 5.32 Å². The summed E-state index contributed by atoms with van der Waals surface area (Å²) in [6.07, 6.45) is 5.06. The molecule has 2 unspecified atom stereocenters. The fourth-order valence-corrected chi connectivity index (χ4v) is 2.48. The summed E-state index contributed by atoms with van der Waals surface area (Å²) < 4.78 is 0. The second kappa shape index (κ2) is 8.37. The quantitative estimate of drug-likeness (QED) is 0.685. The molecule has 0 amide bonds. The first kappa shape index (κ1) is 16.2. The van der Waals surface area contributed by atoms with Gasteiger partial charge in [0, 0.05) is 12.1 Å². The molecule has 1 heteroatoms. The predicted molar refractivity (Wildman–Crippen MR) is 85.5 cm³/mol. The molecule has 108 valence electrons. The largest absolute Gasteiger partial charge is 0.308 e. The molecule has 0 aromatic heterocycles. The first-order valence-electron chi connectivity index (χ1n) is 7.87. The number of benzene rings is 1. The molecule has 0 radical (unpaired) electrons. The molecule has 0 heterocycles. The van der Waals surface area contributed by atoms with Crippen molar-refractivity contribution in [2.75, 3.05) is 0 Å². The molecule has 1 N–H and O–H groups in total. The summed E-state index contributed by atoms with van der Waals surface area (Å²) in [7, 11) is 0. The van der Waals surface area contributed by atoms with E-state index in [1.807, 2.05) is 0 Å². The lowest BCUT2D eigenvalue weighted by molar-refractivity contribution is 0.424. The van der Waals surface area contributed by atoms with Crippen LogP contribution in [0.2, 0.25) is 0 Å². The summed E-state index contributed by atoms with van der Waals surface area (Å²) >= 11 is 0. The van der Waals surface area contributed by atoms with E-state index in [9.17, 15) is 0 Å². The van der Waals surface area contributed by atoms with Crippen molar-refractivity contribution in [3.63, 3.8) is 0 Å². The summed E-state index contributed by atoms with van der Waals surface area (Å²) in [5.74, 6) is 0.825. The van der Waals surface area contributed by atoms with Gasteiger partial charge in [-0.15, -0.1) is 0 Å². The second-order valence-corrected chi connectivity index (χ2v) is 6.21. The Morgan fingerprint density at radius 2 is 1.58 bits per heavy atom. The van der Waals surface area contributed by atoms with Crippen LogP contribution in [0.1, 0.15) is 71.0 Å². The molecule has 0 fully saturated rings. The summed E-state index contributed by atoms with van der Waals surface area (Å²) in [6, 6.07) is 10.1. The molecule has 0 saturated heterocycles. The lowest BCUT2D eigenvalue weighted by Gasteiger charge is -2.21. The van der Waals surface area contributed by atoms with Gasteiger partial charge in [-0.05, 0) is 43.7 Å². The van der Waals surface area contributed by atoms with Crippen molar-refractivity contribution < 1.29 is 0 Å². The Hall–Kier alpha value is -0.820. The van der Waals surface area contributed by atoms with Gasteiger partial charge in [0.15, 0.2) is 0 Å². The van der Waals surface area contributed by atoms with Gasteiger partial charge in [-0.1, -0.05) is 57.9 Å². The Morgan fingerprint density at radius 3 is 2.11 bits per heavy atom. The minimum atomic E-state index is 0.444. The van der Waals surface area contributed by atoms with E-state index >= 15 is 0 Å². The zero-order valence-corrected chi connectivity index (χ0v) is 13.4. The van der Waals surface area contributed by atoms with E-state index in [-0.39, 0.29) is 0 Å². The molecule has 0 bridgehead atoms. The third-order valence-corrected chi connectivity index (χ3v) is 3.84. The van der Waals surface area contributed by atoms with Crippen molar-refractivity contribution in [3.8, 4) is 0 Å². The summed E-state index contributed by atoms with van der Waals surface area (Å²) in [6.45, 7) is 11.4. The van der Waals surface area contributed by atoms with Crippen LogP contribution in [-0.2, 0) is 6.42 Å². The summed E-state index contributed by atoms with van der Waals surface area (Å²) in [5, 5.41) is 3.71. The van der Waals surface area contributed by atoms with Crippen molar-refractivity contribution in [2.24, 2.45) is 5.92 Å². The second-order valence-electron chi connectivity index (χ2n) is 6.21. The smallest absolute Gasteiger partial charge is 0.0294 e. The van der Waals surface area contributed by atoms with E-state index < -0.39 is 0 Å². The molecule has 19 heavy (non-hydrogen) atoms. The van der Waals surface area contributed by atoms with Crippen LogP contribution in [0, 0.1) is 5.92 Å². The van der Waals surface area contributed by atoms with Gasteiger partial charge in [0.05, 0.1) is 0 Å². The average molecular weight is 261 g/mol. The Labute approximate surface area is 119 Å². The molecule has 1 nitrogen and oxygen atoms in total. The van der Waals surface area contributed by atoms with Crippen LogP contribution in [0.15, 0.2) is 24.3 Å². The van der Waals surface area contributed by atoms with Gasteiger partial charge in [0.25, 0.3) is 0 Å². The standard InChI is InChI=1S/C18H31N/c1-6-17-10-12-18(13-11-17)16(5)19-15(4)9-7-8-14(2)3/h10-16,19H,6-9H2,1-5H3. The number of hydrogen-bond donors (Lipinski definition) is 1. The van der Waals surface area contributed by atoms with Crippen LogP contribution < -0.4 is 5.32 Å². The van der Waals surface area contributed by atoms with Gasteiger partial charge in [0.2, 0.25) is 0 Å². The van der Waals surface area contributed by atoms with E-state index in [1.54, 1.807) is 0 Å². The number of aryl methyl sites for hydroxylation is 1. The molecule has 1 rings (SSSR count).